The van der Waals surface area contributed by atoms with Crippen molar-refractivity contribution in [3.8, 4) is 0 Å². The zero-order chi connectivity index (χ0) is 18.0. The summed E-state index contributed by atoms with van der Waals surface area (Å²) in [6.45, 7) is 5.94. The van der Waals surface area contributed by atoms with Crippen LogP contribution in [0.1, 0.15) is 57.8 Å². The highest BCUT2D eigenvalue weighted by molar-refractivity contribution is 5.93. The molecule has 0 bridgehead atoms. The van der Waals surface area contributed by atoms with Crippen molar-refractivity contribution in [1.29, 1.82) is 0 Å². The first-order valence-corrected chi connectivity index (χ1v) is 8.66. The van der Waals surface area contributed by atoms with Crippen molar-refractivity contribution in [3.05, 3.63) is 52.8 Å². The Morgan fingerprint density at radius 2 is 2.00 bits per heavy atom. The zero-order valence-electron chi connectivity index (χ0n) is 14.6. The molecule has 1 fully saturated rings. The summed E-state index contributed by atoms with van der Waals surface area (Å²) in [6, 6.07) is 8.84. The van der Waals surface area contributed by atoms with E-state index in [9.17, 15) is 9.59 Å². The van der Waals surface area contributed by atoms with Crippen molar-refractivity contribution >= 4 is 11.9 Å². The molecule has 1 saturated heterocycles. The summed E-state index contributed by atoms with van der Waals surface area (Å²) < 4.78 is 1.75. The van der Waals surface area contributed by atoms with E-state index < -0.39 is 5.97 Å². The van der Waals surface area contributed by atoms with Crippen LogP contribution < -0.4 is 0 Å². The number of carboxylic acids is 1. The molecule has 6 heteroatoms. The van der Waals surface area contributed by atoms with Gasteiger partial charge in [0.15, 0.2) is 0 Å². The second kappa shape index (κ2) is 7.09. The van der Waals surface area contributed by atoms with Gasteiger partial charge in [0.05, 0.1) is 11.3 Å². The molecule has 2 aromatic rings. The summed E-state index contributed by atoms with van der Waals surface area (Å²) >= 11 is 0. The number of rotatable bonds is 4. The molecule has 1 N–H and O–H groups in total. The van der Waals surface area contributed by atoms with Gasteiger partial charge >= 0.3 is 5.97 Å². The van der Waals surface area contributed by atoms with Crippen molar-refractivity contribution in [2.75, 3.05) is 13.1 Å². The Balaban J connectivity index is 1.76. The smallest absolute Gasteiger partial charge is 0.335 e. The Bertz CT molecular complexity index is 780. The Morgan fingerprint density at radius 3 is 2.64 bits per heavy atom. The lowest BCUT2D eigenvalue weighted by Gasteiger charge is -2.33. The fraction of sp³-hybridized carbons (Fsp3) is 0.421. The summed E-state index contributed by atoms with van der Waals surface area (Å²) in [4.78, 5) is 25.8. The molecule has 0 saturated carbocycles. The highest BCUT2D eigenvalue weighted by Gasteiger charge is 2.27. The number of aromatic nitrogens is 2. The quantitative estimate of drug-likeness (QED) is 0.928. The summed E-state index contributed by atoms with van der Waals surface area (Å²) in [5.74, 6) is -0.663. The van der Waals surface area contributed by atoms with Crippen LogP contribution >= 0.6 is 0 Å². The number of nitrogens with zero attached hydrogens (tertiary/aromatic N) is 3. The van der Waals surface area contributed by atoms with Crippen LogP contribution in [0.25, 0.3) is 0 Å². The molecular formula is C19H23N3O3. The molecule has 0 radical (unpaired) electrons. The fourth-order valence-electron chi connectivity index (χ4n) is 3.45. The number of hydrogen-bond acceptors (Lipinski definition) is 3. The Labute approximate surface area is 147 Å². The molecule has 25 heavy (non-hydrogen) atoms. The number of aromatic carboxylic acids is 1. The summed E-state index contributed by atoms with van der Waals surface area (Å²) in [7, 11) is 0. The van der Waals surface area contributed by atoms with Gasteiger partial charge in [-0.1, -0.05) is 12.1 Å². The van der Waals surface area contributed by atoms with E-state index in [1.54, 1.807) is 16.8 Å². The van der Waals surface area contributed by atoms with Crippen LogP contribution in [0.3, 0.4) is 0 Å². The monoisotopic (exact) mass is 341 g/mol. The van der Waals surface area contributed by atoms with Gasteiger partial charge in [0.1, 0.15) is 5.69 Å². The largest absolute Gasteiger partial charge is 0.478 e. The second-order valence-electron chi connectivity index (χ2n) is 6.50. The predicted molar refractivity (Wildman–Crippen MR) is 93.9 cm³/mol. The molecule has 1 aromatic heterocycles. The molecule has 6 nitrogen and oxygen atoms in total. The van der Waals surface area contributed by atoms with Gasteiger partial charge in [-0.3, -0.25) is 9.48 Å². The van der Waals surface area contributed by atoms with Crippen LogP contribution in [0, 0.1) is 6.92 Å². The summed E-state index contributed by atoms with van der Waals surface area (Å²) in [5, 5.41) is 13.4. The number of carbonyl (C=O) groups excluding carboxylic acids is 1. The van der Waals surface area contributed by atoms with Gasteiger partial charge in [-0.05, 0) is 50.5 Å². The number of carboxylic acid groups (broad SMARTS) is 1. The van der Waals surface area contributed by atoms with Gasteiger partial charge in [-0.2, -0.15) is 5.10 Å². The minimum atomic E-state index is -0.921. The van der Waals surface area contributed by atoms with Gasteiger partial charge in [0, 0.05) is 25.6 Å². The van der Waals surface area contributed by atoms with Crippen LogP contribution in [0.2, 0.25) is 0 Å². The number of hydrogen-bond donors (Lipinski definition) is 1. The third kappa shape index (κ3) is 3.57. The number of likely N-dealkylation sites (tertiary alicyclic amines) is 1. The van der Waals surface area contributed by atoms with Gasteiger partial charge in [0.2, 0.25) is 0 Å². The lowest BCUT2D eigenvalue weighted by molar-refractivity contribution is 0.0689. The minimum absolute atomic E-state index is 0.0225. The Morgan fingerprint density at radius 1 is 1.28 bits per heavy atom. The Kier molecular flexibility index (Phi) is 4.88. The maximum atomic E-state index is 12.9. The molecule has 0 spiro atoms. The van der Waals surface area contributed by atoms with E-state index in [0.717, 1.165) is 30.6 Å². The molecule has 0 unspecified atom stereocenters. The highest BCUT2D eigenvalue weighted by Crippen LogP contribution is 2.28. The normalized spacial score (nSPS) is 17.5. The molecule has 1 atom stereocenters. The summed E-state index contributed by atoms with van der Waals surface area (Å²) in [6.07, 6.45) is 1.94. The molecule has 1 aromatic carbocycles. The SMILES string of the molecule is CCn1nc(C)cc1C(=O)N1CCC[C@@H](c2ccc(C(=O)O)cc2)C1. The van der Waals surface area contributed by atoms with Gasteiger partial charge in [-0.25, -0.2) is 4.79 Å². The van der Waals surface area contributed by atoms with E-state index in [2.05, 4.69) is 5.10 Å². The standard InChI is InChI=1S/C19H23N3O3/c1-3-22-17(11-13(2)20-22)18(23)21-10-4-5-16(12-21)14-6-8-15(9-7-14)19(24)25/h6-9,11,16H,3-5,10,12H2,1-2H3,(H,24,25)/t16-/m1/s1. The maximum absolute atomic E-state index is 12.9. The first-order valence-electron chi connectivity index (χ1n) is 8.66. The minimum Gasteiger partial charge on any atom is -0.478 e. The number of amides is 1. The maximum Gasteiger partial charge on any atom is 0.335 e. The summed E-state index contributed by atoms with van der Waals surface area (Å²) in [5.41, 5.74) is 2.86. The van der Waals surface area contributed by atoms with E-state index in [1.807, 2.05) is 36.9 Å². The average molecular weight is 341 g/mol. The zero-order valence-corrected chi connectivity index (χ0v) is 14.6. The molecule has 3 rings (SSSR count). The van der Waals surface area contributed by atoms with Gasteiger partial charge in [-0.15, -0.1) is 0 Å². The molecule has 1 amide bonds. The van der Waals surface area contributed by atoms with Crippen LogP contribution in [-0.4, -0.2) is 44.8 Å². The van der Waals surface area contributed by atoms with Crippen molar-refractivity contribution < 1.29 is 14.7 Å². The molecule has 132 valence electrons. The van der Waals surface area contributed by atoms with Crippen LogP contribution in [0.15, 0.2) is 30.3 Å². The van der Waals surface area contributed by atoms with E-state index >= 15 is 0 Å². The second-order valence-corrected chi connectivity index (χ2v) is 6.50. The van der Waals surface area contributed by atoms with E-state index in [1.165, 1.54) is 0 Å². The lowest BCUT2D eigenvalue weighted by atomic mass is 9.90. The number of benzene rings is 1. The van der Waals surface area contributed by atoms with Gasteiger partial charge in [0.25, 0.3) is 5.91 Å². The average Bonchev–Trinajstić information content (AvgIpc) is 3.02. The van der Waals surface area contributed by atoms with Crippen molar-refractivity contribution in [3.63, 3.8) is 0 Å². The first kappa shape index (κ1) is 17.2. The van der Waals surface area contributed by atoms with Crippen LogP contribution in [-0.2, 0) is 6.54 Å². The van der Waals surface area contributed by atoms with Crippen molar-refractivity contribution in [2.24, 2.45) is 0 Å². The molecule has 2 heterocycles. The predicted octanol–water partition coefficient (Wildman–Crippen LogP) is 2.93. The number of piperidine rings is 1. The fourth-order valence-corrected chi connectivity index (χ4v) is 3.45. The Hall–Kier alpha value is -2.63. The topological polar surface area (TPSA) is 75.4 Å². The van der Waals surface area contributed by atoms with E-state index in [4.69, 9.17) is 5.11 Å². The van der Waals surface area contributed by atoms with Crippen LogP contribution in [0.4, 0.5) is 0 Å². The number of carbonyl (C=O) groups is 2. The van der Waals surface area contributed by atoms with Crippen molar-refractivity contribution in [2.45, 2.75) is 39.2 Å². The molecule has 0 aliphatic carbocycles. The van der Waals surface area contributed by atoms with Gasteiger partial charge < -0.3 is 10.0 Å². The van der Waals surface area contributed by atoms with Crippen LogP contribution in [0.5, 0.6) is 0 Å². The van der Waals surface area contributed by atoms with E-state index in [0.29, 0.717) is 18.8 Å². The number of aryl methyl sites for hydroxylation is 2. The van der Waals surface area contributed by atoms with E-state index in [-0.39, 0.29) is 17.4 Å². The molecular weight excluding hydrogens is 318 g/mol. The third-order valence-corrected chi connectivity index (χ3v) is 4.76. The molecule has 1 aliphatic heterocycles. The third-order valence-electron chi connectivity index (χ3n) is 4.76. The van der Waals surface area contributed by atoms with Crippen molar-refractivity contribution in [1.82, 2.24) is 14.7 Å². The molecule has 1 aliphatic rings. The first-order chi connectivity index (χ1) is 12.0. The highest BCUT2D eigenvalue weighted by atomic mass is 16.4. The lowest BCUT2D eigenvalue weighted by Crippen LogP contribution is -2.40.